The van der Waals surface area contributed by atoms with Crippen LogP contribution >= 0.6 is 0 Å². The molecule has 2 aliphatic rings. The molecule has 2 saturated heterocycles. The van der Waals surface area contributed by atoms with Crippen LogP contribution in [0.2, 0.25) is 85.1 Å². The van der Waals surface area contributed by atoms with Crippen molar-refractivity contribution >= 4 is 75.9 Å². The lowest BCUT2D eigenvalue weighted by atomic mass is 9.73. The van der Waals surface area contributed by atoms with E-state index in [1.165, 1.54) is 30.9 Å². The predicted molar refractivity (Wildman–Crippen MR) is 414 cm³/mol. The van der Waals surface area contributed by atoms with Gasteiger partial charge >= 0.3 is 17.9 Å². The fraction of sp³-hybridized carbons (Fsp3) is 0.722. The molecule has 98 heavy (non-hydrogen) atoms. The van der Waals surface area contributed by atoms with Gasteiger partial charge in [-0.05, 0) is 126 Å². The Bertz CT molecular complexity index is 2850. The van der Waals surface area contributed by atoms with Crippen molar-refractivity contribution in [3.05, 3.63) is 96.6 Å². The van der Waals surface area contributed by atoms with E-state index >= 15 is 4.79 Å². The van der Waals surface area contributed by atoms with E-state index in [2.05, 4.69) is 198 Å². The Hall–Kier alpha value is -3.46. The highest BCUT2D eigenvalue weighted by Crippen LogP contribution is 2.50. The van der Waals surface area contributed by atoms with Gasteiger partial charge in [0.15, 0.2) is 31.1 Å². The number of benzene rings is 2. The number of carbonyl (C=O) groups is 4. The lowest BCUT2D eigenvalue weighted by molar-refractivity contribution is -0.327. The molecule has 2 heterocycles. The van der Waals surface area contributed by atoms with Gasteiger partial charge in [-0.15, -0.1) is 6.58 Å². The molecule has 2 aliphatic heterocycles. The molecule has 0 radical (unpaired) electrons. The van der Waals surface area contributed by atoms with Crippen molar-refractivity contribution in [3.63, 3.8) is 0 Å². The SMILES string of the molecule is C=C(C[C@@H](C[C@@H]1O[C@H](C[C@H](CC(=O)O[C@@H](CO[Si](C)(C)C(C)(C)C)C[C@@H]2C/C(=C\C(=O)OC)[C@H](OC(=O)CCCCCCC)[C@](O)(C(C)(C)/C=C/C=O)O2)O[Si](c2ccccc2)(c2ccccc2)C(C)(C)C)C[C@H](O[Si](C)(C)C(C)(C)C)C1(C)C)O[Si](CC)(CC)CC)C[Si](C)(C)C. The van der Waals surface area contributed by atoms with Gasteiger partial charge in [-0.3, -0.25) is 14.4 Å². The molecule has 1 N–H and O–H groups in total. The molecule has 0 saturated carbocycles. The lowest BCUT2D eigenvalue weighted by Crippen LogP contribution is -2.68. The summed E-state index contributed by atoms with van der Waals surface area (Å²) in [5.41, 5.74) is -0.380. The highest BCUT2D eigenvalue weighted by Gasteiger charge is 2.59. The smallest absolute Gasteiger partial charge is 0.330 e. The molecular formula is C79H136O14Si5. The van der Waals surface area contributed by atoms with E-state index in [0.29, 0.717) is 32.0 Å². The second-order valence-electron chi connectivity index (χ2n) is 35.0. The number of esters is 3. The van der Waals surface area contributed by atoms with E-state index in [-0.39, 0.29) is 66.3 Å². The molecule has 19 heteroatoms. The number of aldehydes is 1. The van der Waals surface area contributed by atoms with Crippen molar-refractivity contribution in [2.45, 2.75) is 341 Å². The molecule has 0 unspecified atom stereocenters. The Kier molecular flexibility index (Phi) is 32.2. The van der Waals surface area contributed by atoms with E-state index in [4.69, 9.17) is 48.0 Å². The van der Waals surface area contributed by atoms with Crippen LogP contribution < -0.4 is 10.4 Å². The first kappa shape index (κ1) is 86.9. The number of carbonyl (C=O) groups excluding carboxylic acids is 4. The van der Waals surface area contributed by atoms with Crippen LogP contribution in [-0.2, 0) is 60.6 Å². The molecule has 0 bridgehead atoms. The molecule has 556 valence electrons. The number of allylic oxidation sites excluding steroid dienone is 1. The van der Waals surface area contributed by atoms with Crippen LogP contribution in [0, 0.1) is 10.8 Å². The van der Waals surface area contributed by atoms with Gasteiger partial charge in [0.05, 0.1) is 56.8 Å². The van der Waals surface area contributed by atoms with Crippen molar-refractivity contribution in [3.8, 4) is 0 Å². The number of hydrogen-bond acceptors (Lipinski definition) is 14. The van der Waals surface area contributed by atoms with Gasteiger partial charge in [-0.1, -0.05) is 235 Å². The fourth-order valence-corrected chi connectivity index (χ4v) is 25.4. The summed E-state index contributed by atoms with van der Waals surface area (Å²) in [6.07, 6.45) is 6.04. The maximum Gasteiger partial charge on any atom is 0.330 e. The molecule has 2 fully saturated rings. The standard InChI is InChI=1S/C79H136O14Si5/c1-27-31-32-33-40-46-70(81)89-73-60(51-71(82)85-19)50-62(90-79(73,84)77(15,16)47-41-48-80)53-65(57-86-95(23,24)74(6,7)8)88-72(83)56-64(92-98(76(12,13)14,66-42-36-34-37-43-66)67-44-38-35-39-45-67)52-61-54-69(93-96(25,26)75(9,10)11)78(17,18)68(87-61)55-63(49-59(5)58-94(20,21)22)91-97(28-2,29-3)30-4/h34-39,41-45,47-48,51,61-65,68-69,73,84H,5,27-33,40,46,49-50,52-58H2,1-4,6-26H3/b47-41+,60-51+/t61-,62+,63+,64-,65-,68+,69+,73+,79-/m1/s1. The Balaban J connectivity index is 2.00. The van der Waals surface area contributed by atoms with Crippen LogP contribution in [0.4, 0.5) is 0 Å². The normalized spacial score (nSPS) is 22.3. The average Bonchev–Trinajstić information content (AvgIpc) is 0.749. The Morgan fingerprint density at radius 3 is 1.73 bits per heavy atom. The topological polar surface area (TPSA) is 172 Å². The second-order valence-corrected chi connectivity index (χ2v) is 59.0. The zero-order chi connectivity index (χ0) is 74.2. The molecule has 2 aromatic rings. The number of hydrogen-bond donors (Lipinski definition) is 1. The number of rotatable bonds is 38. The van der Waals surface area contributed by atoms with Gasteiger partial charge in [-0.25, -0.2) is 4.79 Å². The molecular weight excluding hydrogens is 1310 g/mol. The molecule has 0 spiro atoms. The van der Waals surface area contributed by atoms with E-state index in [1.54, 1.807) is 13.8 Å². The third-order valence-corrected chi connectivity index (χ3v) is 42.4. The minimum Gasteiger partial charge on any atom is -0.466 e. The summed E-state index contributed by atoms with van der Waals surface area (Å²) >= 11 is 0. The maximum atomic E-state index is 15.9. The Morgan fingerprint density at radius 2 is 1.23 bits per heavy atom. The number of aliphatic hydroxyl groups is 1. The quantitative estimate of drug-likeness (QED) is 0.0128. The first-order chi connectivity index (χ1) is 45.2. The fourth-order valence-electron chi connectivity index (χ4n) is 13.7. The van der Waals surface area contributed by atoms with Crippen LogP contribution in [0.3, 0.4) is 0 Å². The first-order valence-electron chi connectivity index (χ1n) is 37.1. The van der Waals surface area contributed by atoms with Crippen LogP contribution in [0.25, 0.3) is 0 Å². The monoisotopic (exact) mass is 1450 g/mol. The van der Waals surface area contributed by atoms with Crippen molar-refractivity contribution in [1.29, 1.82) is 0 Å². The second kappa shape index (κ2) is 36.3. The maximum absolute atomic E-state index is 15.9. The first-order valence-corrected chi connectivity index (χ1v) is 51.0. The van der Waals surface area contributed by atoms with Crippen LogP contribution in [0.15, 0.2) is 96.6 Å². The van der Waals surface area contributed by atoms with Crippen molar-refractivity contribution < 1.29 is 65.7 Å². The van der Waals surface area contributed by atoms with E-state index < -0.39 is 111 Å². The molecule has 0 aromatic heterocycles. The van der Waals surface area contributed by atoms with E-state index in [1.807, 2.05) is 12.1 Å². The minimum atomic E-state index is -3.41. The largest absolute Gasteiger partial charge is 0.466 e. The summed E-state index contributed by atoms with van der Waals surface area (Å²) in [6, 6.07) is 25.1. The molecule has 14 nitrogen and oxygen atoms in total. The third-order valence-electron chi connectivity index (χ3n) is 22.1. The average molecular weight is 1450 g/mol. The van der Waals surface area contributed by atoms with Crippen molar-refractivity contribution in [2.75, 3.05) is 13.7 Å². The summed E-state index contributed by atoms with van der Waals surface area (Å²) < 4.78 is 63.3. The van der Waals surface area contributed by atoms with Crippen LogP contribution in [0.5, 0.6) is 0 Å². The van der Waals surface area contributed by atoms with Crippen molar-refractivity contribution in [2.24, 2.45) is 10.8 Å². The zero-order valence-corrected chi connectivity index (χ0v) is 70.9. The highest BCUT2D eigenvalue weighted by atomic mass is 28.4. The Morgan fingerprint density at radius 1 is 0.694 bits per heavy atom. The van der Waals surface area contributed by atoms with Crippen LogP contribution in [0.1, 0.15) is 201 Å². The molecule has 9 atom stereocenters. The molecule has 2 aromatic carbocycles. The van der Waals surface area contributed by atoms with Gasteiger partial charge < -0.3 is 46.5 Å². The summed E-state index contributed by atoms with van der Waals surface area (Å²) in [6.45, 7) is 58.0. The summed E-state index contributed by atoms with van der Waals surface area (Å²) in [7, 11) is -10.8. The number of unbranched alkanes of at least 4 members (excludes halogenated alkanes) is 4. The Labute approximate surface area is 600 Å². The zero-order valence-electron chi connectivity index (χ0n) is 65.9. The highest BCUT2D eigenvalue weighted by molar-refractivity contribution is 6.99. The molecule has 4 rings (SSSR count). The van der Waals surface area contributed by atoms with Gasteiger partial charge in [0, 0.05) is 37.8 Å². The van der Waals surface area contributed by atoms with E-state index in [0.717, 1.165) is 66.7 Å². The number of ether oxygens (including phenoxy) is 5. The summed E-state index contributed by atoms with van der Waals surface area (Å²) in [5.74, 6) is -4.17. The summed E-state index contributed by atoms with van der Waals surface area (Å²) in [4.78, 5) is 55.2. The molecule has 0 aliphatic carbocycles. The third kappa shape index (κ3) is 23.8. The molecule has 0 amide bonds. The van der Waals surface area contributed by atoms with E-state index in [9.17, 15) is 19.5 Å². The van der Waals surface area contributed by atoms with Gasteiger partial charge in [0.2, 0.25) is 5.79 Å². The minimum absolute atomic E-state index is 0.00616. The van der Waals surface area contributed by atoms with Gasteiger partial charge in [0.1, 0.15) is 12.4 Å². The van der Waals surface area contributed by atoms with Crippen molar-refractivity contribution in [1.82, 2.24) is 0 Å². The van der Waals surface area contributed by atoms with Crippen LogP contribution in [-0.4, -0.2) is 139 Å². The number of methoxy groups -OCH3 is 1. The van der Waals surface area contributed by atoms with Gasteiger partial charge in [-0.2, -0.15) is 0 Å². The summed E-state index contributed by atoms with van der Waals surface area (Å²) in [5, 5.41) is 14.6. The lowest BCUT2D eigenvalue weighted by Gasteiger charge is -2.53. The van der Waals surface area contributed by atoms with Gasteiger partial charge in [0.25, 0.3) is 8.32 Å². The predicted octanol–water partition coefficient (Wildman–Crippen LogP) is 18.3.